The Hall–Kier alpha value is -0.390. The Morgan fingerprint density at radius 3 is 2.63 bits per heavy atom. The second kappa shape index (κ2) is 8.02. The summed E-state index contributed by atoms with van der Waals surface area (Å²) in [5, 5.41) is 0. The zero-order valence-electron chi connectivity index (χ0n) is 11.5. The standard InChI is InChI=1S/C14H19Br2NO2/c1-10(2)9-17(6-7-19-3)14(18)12-8-11(15)4-5-13(12)16/h4-5,8,10H,6-7,9H2,1-3H3. The maximum Gasteiger partial charge on any atom is 0.255 e. The number of rotatable bonds is 6. The highest BCUT2D eigenvalue weighted by molar-refractivity contribution is 9.11. The largest absolute Gasteiger partial charge is 0.383 e. The van der Waals surface area contributed by atoms with E-state index in [1.807, 2.05) is 23.1 Å². The molecule has 0 spiro atoms. The minimum atomic E-state index is 0.0268. The van der Waals surface area contributed by atoms with Gasteiger partial charge in [0.25, 0.3) is 5.91 Å². The van der Waals surface area contributed by atoms with Crippen molar-refractivity contribution < 1.29 is 9.53 Å². The third-order valence-corrected chi connectivity index (χ3v) is 3.78. The summed E-state index contributed by atoms with van der Waals surface area (Å²) in [5.74, 6) is 0.450. The third-order valence-electron chi connectivity index (χ3n) is 2.60. The van der Waals surface area contributed by atoms with Crippen LogP contribution in [0.5, 0.6) is 0 Å². The van der Waals surface area contributed by atoms with Gasteiger partial charge in [-0.2, -0.15) is 0 Å². The van der Waals surface area contributed by atoms with Crippen molar-refractivity contribution in [1.82, 2.24) is 4.90 Å². The highest BCUT2D eigenvalue weighted by Crippen LogP contribution is 2.23. The van der Waals surface area contributed by atoms with E-state index in [1.165, 1.54) is 0 Å². The first kappa shape index (κ1) is 16.7. The Morgan fingerprint density at radius 2 is 2.05 bits per heavy atom. The summed E-state index contributed by atoms with van der Waals surface area (Å²) in [6, 6.07) is 5.62. The lowest BCUT2D eigenvalue weighted by molar-refractivity contribution is 0.0671. The molecule has 0 atom stereocenters. The van der Waals surface area contributed by atoms with Gasteiger partial charge in [0.05, 0.1) is 12.2 Å². The summed E-state index contributed by atoms with van der Waals surface area (Å²) in [6.07, 6.45) is 0. The molecular weight excluding hydrogens is 374 g/mol. The summed E-state index contributed by atoms with van der Waals surface area (Å²) in [7, 11) is 1.65. The number of carbonyl (C=O) groups is 1. The van der Waals surface area contributed by atoms with Crippen molar-refractivity contribution in [3.63, 3.8) is 0 Å². The highest BCUT2D eigenvalue weighted by atomic mass is 79.9. The van der Waals surface area contributed by atoms with Gasteiger partial charge in [0, 0.05) is 29.1 Å². The van der Waals surface area contributed by atoms with Gasteiger partial charge >= 0.3 is 0 Å². The molecule has 0 aliphatic carbocycles. The van der Waals surface area contributed by atoms with Gasteiger partial charge in [-0.15, -0.1) is 0 Å². The molecule has 5 heteroatoms. The van der Waals surface area contributed by atoms with Crippen LogP contribution >= 0.6 is 31.9 Å². The normalized spacial score (nSPS) is 10.8. The van der Waals surface area contributed by atoms with Gasteiger partial charge in [0.1, 0.15) is 0 Å². The highest BCUT2D eigenvalue weighted by Gasteiger charge is 2.19. The number of hydrogen-bond donors (Lipinski definition) is 0. The van der Waals surface area contributed by atoms with E-state index in [1.54, 1.807) is 7.11 Å². The van der Waals surface area contributed by atoms with Crippen LogP contribution in [0.3, 0.4) is 0 Å². The van der Waals surface area contributed by atoms with E-state index in [-0.39, 0.29) is 5.91 Å². The fourth-order valence-corrected chi connectivity index (χ4v) is 2.53. The van der Waals surface area contributed by atoms with E-state index in [0.717, 1.165) is 15.5 Å². The maximum atomic E-state index is 12.6. The molecule has 0 heterocycles. The Balaban J connectivity index is 2.93. The molecule has 0 bridgehead atoms. The first-order valence-corrected chi connectivity index (χ1v) is 7.77. The summed E-state index contributed by atoms with van der Waals surface area (Å²) in [4.78, 5) is 14.4. The van der Waals surface area contributed by atoms with Gasteiger partial charge in [0.2, 0.25) is 0 Å². The predicted molar refractivity (Wildman–Crippen MR) is 84.5 cm³/mol. The zero-order valence-corrected chi connectivity index (χ0v) is 14.6. The van der Waals surface area contributed by atoms with Crippen LogP contribution in [0, 0.1) is 5.92 Å². The van der Waals surface area contributed by atoms with Crippen LogP contribution in [0.15, 0.2) is 27.1 Å². The Kier molecular flexibility index (Phi) is 7.04. The number of methoxy groups -OCH3 is 1. The lowest BCUT2D eigenvalue weighted by Gasteiger charge is -2.25. The number of carbonyl (C=O) groups excluding carboxylic acids is 1. The molecule has 106 valence electrons. The molecular formula is C14H19Br2NO2. The fraction of sp³-hybridized carbons (Fsp3) is 0.500. The molecule has 1 amide bonds. The molecule has 1 aromatic carbocycles. The van der Waals surface area contributed by atoms with E-state index >= 15 is 0 Å². The van der Waals surface area contributed by atoms with Crippen molar-refractivity contribution in [2.45, 2.75) is 13.8 Å². The molecule has 0 radical (unpaired) electrons. The number of amides is 1. The van der Waals surface area contributed by atoms with Crippen molar-refractivity contribution in [2.24, 2.45) is 5.92 Å². The molecule has 0 N–H and O–H groups in total. The van der Waals surface area contributed by atoms with Gasteiger partial charge in [-0.3, -0.25) is 4.79 Å². The van der Waals surface area contributed by atoms with Crippen molar-refractivity contribution in [3.05, 3.63) is 32.7 Å². The SMILES string of the molecule is COCCN(CC(C)C)C(=O)c1cc(Br)ccc1Br. The van der Waals surface area contributed by atoms with Crippen molar-refractivity contribution in [1.29, 1.82) is 0 Å². The number of halogens is 2. The van der Waals surface area contributed by atoms with Gasteiger partial charge in [-0.25, -0.2) is 0 Å². The quantitative estimate of drug-likeness (QED) is 0.733. The van der Waals surface area contributed by atoms with Crippen molar-refractivity contribution in [3.8, 4) is 0 Å². The molecule has 1 aromatic rings. The topological polar surface area (TPSA) is 29.5 Å². The number of nitrogens with zero attached hydrogens (tertiary/aromatic N) is 1. The molecule has 3 nitrogen and oxygen atoms in total. The first-order valence-electron chi connectivity index (χ1n) is 6.19. The number of benzene rings is 1. The van der Waals surface area contributed by atoms with Gasteiger partial charge < -0.3 is 9.64 Å². The van der Waals surface area contributed by atoms with Crippen LogP contribution in [0.4, 0.5) is 0 Å². The molecule has 0 saturated carbocycles. The number of hydrogen-bond acceptors (Lipinski definition) is 2. The van der Waals surface area contributed by atoms with E-state index in [4.69, 9.17) is 4.74 Å². The Morgan fingerprint density at radius 1 is 1.37 bits per heavy atom. The molecule has 0 unspecified atom stereocenters. The maximum absolute atomic E-state index is 12.6. The smallest absolute Gasteiger partial charge is 0.255 e. The fourth-order valence-electron chi connectivity index (χ4n) is 1.75. The van der Waals surface area contributed by atoms with Crippen LogP contribution in [0.1, 0.15) is 24.2 Å². The minimum Gasteiger partial charge on any atom is -0.383 e. The van der Waals surface area contributed by atoms with Gasteiger partial charge in [-0.1, -0.05) is 29.8 Å². The molecule has 1 rings (SSSR count). The Labute approximate surface area is 131 Å². The van der Waals surface area contributed by atoms with Crippen molar-refractivity contribution >= 4 is 37.8 Å². The van der Waals surface area contributed by atoms with E-state index in [9.17, 15) is 4.79 Å². The lowest BCUT2D eigenvalue weighted by atomic mass is 10.1. The van der Waals surface area contributed by atoms with Crippen LogP contribution in [-0.2, 0) is 4.74 Å². The summed E-state index contributed by atoms with van der Waals surface area (Å²) < 4.78 is 6.79. The minimum absolute atomic E-state index is 0.0268. The molecule has 0 aliphatic rings. The molecule has 0 saturated heterocycles. The Bertz CT molecular complexity index is 435. The van der Waals surface area contributed by atoms with E-state index in [2.05, 4.69) is 45.7 Å². The average Bonchev–Trinajstić information content (AvgIpc) is 2.36. The number of ether oxygens (including phenoxy) is 1. The monoisotopic (exact) mass is 391 g/mol. The molecule has 0 aliphatic heterocycles. The predicted octanol–water partition coefficient (Wildman–Crippen LogP) is 3.96. The van der Waals surface area contributed by atoms with E-state index < -0.39 is 0 Å². The molecule has 19 heavy (non-hydrogen) atoms. The van der Waals surface area contributed by atoms with Gasteiger partial charge in [0.15, 0.2) is 0 Å². The summed E-state index contributed by atoms with van der Waals surface area (Å²) in [6.45, 7) is 6.07. The second-order valence-corrected chi connectivity index (χ2v) is 6.53. The summed E-state index contributed by atoms with van der Waals surface area (Å²) in [5.41, 5.74) is 0.672. The van der Waals surface area contributed by atoms with Crippen molar-refractivity contribution in [2.75, 3.05) is 26.8 Å². The molecule has 0 fully saturated rings. The molecule has 0 aromatic heterocycles. The van der Waals surface area contributed by atoms with Crippen LogP contribution < -0.4 is 0 Å². The zero-order chi connectivity index (χ0) is 14.4. The van der Waals surface area contributed by atoms with Crippen LogP contribution in [0.2, 0.25) is 0 Å². The average molecular weight is 393 g/mol. The second-order valence-electron chi connectivity index (χ2n) is 4.76. The van der Waals surface area contributed by atoms with Gasteiger partial charge in [-0.05, 0) is 40.0 Å². The summed E-state index contributed by atoms with van der Waals surface area (Å²) >= 11 is 6.84. The van der Waals surface area contributed by atoms with E-state index in [0.29, 0.717) is 24.6 Å². The van der Waals surface area contributed by atoms with Crippen LogP contribution in [0.25, 0.3) is 0 Å². The first-order chi connectivity index (χ1) is 8.95. The third kappa shape index (κ3) is 5.24. The lowest BCUT2D eigenvalue weighted by Crippen LogP contribution is -2.36. The van der Waals surface area contributed by atoms with Crippen LogP contribution in [-0.4, -0.2) is 37.6 Å².